The number of rotatable bonds is 8. The van der Waals surface area contributed by atoms with E-state index in [-0.39, 0.29) is 10.6 Å². The number of hydrogen-bond acceptors (Lipinski definition) is 5. The van der Waals surface area contributed by atoms with Gasteiger partial charge in [0, 0.05) is 56.2 Å². The summed E-state index contributed by atoms with van der Waals surface area (Å²) in [6.45, 7) is 10.7. The van der Waals surface area contributed by atoms with E-state index in [1.54, 1.807) is 0 Å². The van der Waals surface area contributed by atoms with Gasteiger partial charge in [-0.3, -0.25) is 9.48 Å². The molecule has 2 aromatic rings. The summed E-state index contributed by atoms with van der Waals surface area (Å²) in [4.78, 5) is 14.9. The van der Waals surface area contributed by atoms with Crippen LogP contribution in [0.5, 0.6) is 0 Å². The third-order valence-electron chi connectivity index (χ3n) is 5.64. The van der Waals surface area contributed by atoms with E-state index in [4.69, 9.17) is 11.6 Å². The molecule has 8 nitrogen and oxygen atoms in total. The first kappa shape index (κ1) is 24.5. The number of hydrogen-bond donors (Lipinski definition) is 1. The van der Waals surface area contributed by atoms with E-state index in [2.05, 4.69) is 29.2 Å². The topological polar surface area (TPSA) is 87.5 Å². The summed E-state index contributed by atoms with van der Waals surface area (Å²) in [5.41, 5.74) is 2.20. The molecule has 3 rings (SSSR count). The van der Waals surface area contributed by atoms with E-state index >= 15 is 0 Å². The maximum absolute atomic E-state index is 13.4. The monoisotopic (exact) mass is 481 g/mol. The van der Waals surface area contributed by atoms with Gasteiger partial charge in [0.2, 0.25) is 5.03 Å². The molecule has 1 aliphatic heterocycles. The highest BCUT2D eigenvalue weighted by Crippen LogP contribution is 2.27. The predicted octanol–water partition coefficient (Wildman–Crippen LogP) is 3.15. The van der Waals surface area contributed by atoms with E-state index in [9.17, 15) is 13.2 Å². The van der Waals surface area contributed by atoms with Gasteiger partial charge in [-0.25, -0.2) is 8.42 Å². The molecule has 0 atom stereocenters. The number of anilines is 1. The van der Waals surface area contributed by atoms with Crippen molar-refractivity contribution in [1.29, 1.82) is 0 Å². The smallest absolute Gasteiger partial charge is 0.263 e. The quantitative estimate of drug-likeness (QED) is 0.625. The summed E-state index contributed by atoms with van der Waals surface area (Å²) in [5, 5.41) is 7.54. The van der Waals surface area contributed by atoms with Gasteiger partial charge in [0.15, 0.2) is 0 Å². The van der Waals surface area contributed by atoms with Crippen LogP contribution in [-0.2, 0) is 16.6 Å². The SMILES string of the molecule is CCn1cc(C(=O)NCCC(C)C)c(S(=O)(=O)N2CCN(c3cc(Cl)ccc3C)CC2)n1. The number of carbonyl (C=O) groups excluding carboxylic acids is 1. The standard InChI is InChI=1S/C22H32ClN5O3S/c1-5-27-15-19(21(29)24-9-8-16(2)3)22(25-27)32(30,31)28-12-10-26(11-13-28)20-14-18(23)7-6-17(20)4/h6-7,14-16H,5,8-13H2,1-4H3,(H,24,29). The fraction of sp³-hybridized carbons (Fsp3) is 0.545. The molecule has 0 aliphatic carbocycles. The van der Waals surface area contributed by atoms with Crippen molar-refractivity contribution in [2.75, 3.05) is 37.6 Å². The third-order valence-corrected chi connectivity index (χ3v) is 7.71. The molecule has 176 valence electrons. The van der Waals surface area contributed by atoms with Gasteiger partial charge in [0.1, 0.15) is 0 Å². The number of carbonyl (C=O) groups is 1. The molecule has 1 aromatic heterocycles. The first-order valence-electron chi connectivity index (χ1n) is 11.0. The van der Waals surface area contributed by atoms with Crippen LogP contribution in [0.4, 0.5) is 5.69 Å². The van der Waals surface area contributed by atoms with Gasteiger partial charge in [0.05, 0.1) is 5.56 Å². The van der Waals surface area contributed by atoms with E-state index in [0.29, 0.717) is 50.2 Å². The number of halogens is 1. The van der Waals surface area contributed by atoms with Gasteiger partial charge < -0.3 is 10.2 Å². The molecule has 1 aliphatic rings. The average Bonchev–Trinajstić information content (AvgIpc) is 3.21. The molecule has 1 N–H and O–H groups in total. The molecule has 0 saturated carbocycles. The maximum Gasteiger partial charge on any atom is 0.263 e. The lowest BCUT2D eigenvalue weighted by Gasteiger charge is -2.35. The Morgan fingerprint density at radius 2 is 1.91 bits per heavy atom. The number of amides is 1. The van der Waals surface area contributed by atoms with Crippen LogP contribution in [0.2, 0.25) is 5.02 Å². The van der Waals surface area contributed by atoms with Crippen LogP contribution in [0.25, 0.3) is 0 Å². The molecule has 1 saturated heterocycles. The fourth-order valence-corrected chi connectivity index (χ4v) is 5.38. The fourth-order valence-electron chi connectivity index (χ4n) is 3.70. The highest BCUT2D eigenvalue weighted by Gasteiger charge is 2.35. The minimum Gasteiger partial charge on any atom is -0.369 e. The second-order valence-electron chi connectivity index (χ2n) is 8.46. The van der Waals surface area contributed by atoms with E-state index in [1.807, 2.05) is 32.0 Å². The van der Waals surface area contributed by atoms with Crippen LogP contribution in [0, 0.1) is 12.8 Å². The third kappa shape index (κ3) is 5.44. The number of benzene rings is 1. The van der Waals surface area contributed by atoms with Gasteiger partial charge in [-0.2, -0.15) is 9.40 Å². The number of aromatic nitrogens is 2. The van der Waals surface area contributed by atoms with Crippen molar-refractivity contribution >= 4 is 33.2 Å². The Hall–Kier alpha value is -2.10. The van der Waals surface area contributed by atoms with E-state index < -0.39 is 15.9 Å². The zero-order valence-corrected chi connectivity index (χ0v) is 20.7. The Kier molecular flexibility index (Phi) is 7.84. The van der Waals surface area contributed by atoms with Crippen LogP contribution in [0.15, 0.2) is 29.4 Å². The van der Waals surface area contributed by atoms with E-state index in [1.165, 1.54) is 15.2 Å². The second kappa shape index (κ2) is 10.2. The summed E-state index contributed by atoms with van der Waals surface area (Å²) >= 11 is 6.15. The van der Waals surface area contributed by atoms with Crippen LogP contribution < -0.4 is 10.2 Å². The molecule has 10 heteroatoms. The second-order valence-corrected chi connectivity index (χ2v) is 10.8. The van der Waals surface area contributed by atoms with Crippen molar-refractivity contribution in [3.63, 3.8) is 0 Å². The first-order chi connectivity index (χ1) is 15.1. The lowest BCUT2D eigenvalue weighted by atomic mass is 10.1. The largest absolute Gasteiger partial charge is 0.369 e. The molecule has 0 bridgehead atoms. The molecule has 1 aromatic carbocycles. The van der Waals surface area contributed by atoms with E-state index in [0.717, 1.165) is 17.7 Å². The Balaban J connectivity index is 1.77. The molecule has 1 fully saturated rings. The Morgan fingerprint density at radius 1 is 1.22 bits per heavy atom. The molecular formula is C22H32ClN5O3S. The van der Waals surface area contributed by atoms with Crippen LogP contribution in [0.3, 0.4) is 0 Å². The summed E-state index contributed by atoms with van der Waals surface area (Å²) in [6.07, 6.45) is 2.34. The molecule has 32 heavy (non-hydrogen) atoms. The van der Waals surface area contributed by atoms with Crippen molar-refractivity contribution < 1.29 is 13.2 Å². The van der Waals surface area contributed by atoms with Crippen molar-refractivity contribution in [2.24, 2.45) is 5.92 Å². The van der Waals surface area contributed by atoms with Gasteiger partial charge in [0.25, 0.3) is 15.9 Å². The zero-order chi connectivity index (χ0) is 23.5. The minimum atomic E-state index is -3.90. The Bertz CT molecular complexity index is 1060. The molecule has 0 radical (unpaired) electrons. The average molecular weight is 482 g/mol. The lowest BCUT2D eigenvalue weighted by molar-refractivity contribution is 0.0948. The number of piperazine rings is 1. The van der Waals surface area contributed by atoms with Crippen molar-refractivity contribution in [2.45, 2.75) is 45.7 Å². The number of sulfonamides is 1. The highest BCUT2D eigenvalue weighted by molar-refractivity contribution is 7.89. The molecule has 0 spiro atoms. The van der Waals surface area contributed by atoms with Crippen LogP contribution >= 0.6 is 11.6 Å². The van der Waals surface area contributed by atoms with Gasteiger partial charge in [-0.15, -0.1) is 0 Å². The maximum atomic E-state index is 13.4. The van der Waals surface area contributed by atoms with Crippen LogP contribution in [0.1, 0.15) is 43.1 Å². The first-order valence-corrected chi connectivity index (χ1v) is 12.8. The highest BCUT2D eigenvalue weighted by atomic mass is 35.5. The summed E-state index contributed by atoms with van der Waals surface area (Å²) in [5.74, 6) is 0.0356. The van der Waals surface area contributed by atoms with Gasteiger partial charge in [-0.1, -0.05) is 31.5 Å². The normalized spacial score (nSPS) is 15.4. The Labute approximate surface area is 195 Å². The molecular weight excluding hydrogens is 450 g/mol. The summed E-state index contributed by atoms with van der Waals surface area (Å²) in [7, 11) is -3.90. The predicted molar refractivity (Wildman–Crippen MR) is 127 cm³/mol. The van der Waals surface area contributed by atoms with Crippen molar-refractivity contribution in [1.82, 2.24) is 19.4 Å². The van der Waals surface area contributed by atoms with Crippen molar-refractivity contribution in [3.05, 3.63) is 40.5 Å². The lowest BCUT2D eigenvalue weighted by Crippen LogP contribution is -2.49. The van der Waals surface area contributed by atoms with Gasteiger partial charge >= 0.3 is 0 Å². The molecule has 2 heterocycles. The number of nitrogens with zero attached hydrogens (tertiary/aromatic N) is 4. The molecule has 0 unspecified atom stereocenters. The van der Waals surface area contributed by atoms with Crippen molar-refractivity contribution in [3.8, 4) is 0 Å². The number of aryl methyl sites for hydroxylation is 2. The minimum absolute atomic E-state index is 0.101. The Morgan fingerprint density at radius 3 is 2.53 bits per heavy atom. The van der Waals surface area contributed by atoms with Crippen LogP contribution in [-0.4, -0.2) is 61.1 Å². The molecule has 1 amide bonds. The summed E-state index contributed by atoms with van der Waals surface area (Å²) < 4.78 is 29.7. The van der Waals surface area contributed by atoms with Gasteiger partial charge in [-0.05, 0) is 43.9 Å². The number of nitrogens with one attached hydrogen (secondary N) is 1. The zero-order valence-electron chi connectivity index (χ0n) is 19.1. The summed E-state index contributed by atoms with van der Waals surface area (Å²) in [6, 6.07) is 5.71.